The fraction of sp³-hybridized carbons (Fsp3) is 0.650. The predicted octanol–water partition coefficient (Wildman–Crippen LogP) is 2.99. The van der Waals surface area contributed by atoms with Crippen LogP contribution in [0.15, 0.2) is 24.3 Å². The summed E-state index contributed by atoms with van der Waals surface area (Å²) in [5, 5.41) is 6.64. The monoisotopic (exact) mass is 346 g/mol. The molecule has 2 N–H and O–H groups in total. The second-order valence-corrected chi connectivity index (χ2v) is 7.25. The Bertz CT molecular complexity index is 574. The lowest BCUT2D eigenvalue weighted by Gasteiger charge is -2.35. The van der Waals surface area contributed by atoms with Gasteiger partial charge in [-0.25, -0.2) is 0 Å². The molecule has 2 aliphatic rings. The summed E-state index contributed by atoms with van der Waals surface area (Å²) in [7, 11) is 0. The van der Waals surface area contributed by atoms with Gasteiger partial charge < -0.3 is 20.1 Å². The molecule has 1 aliphatic heterocycles. The molecule has 1 aliphatic carbocycles. The summed E-state index contributed by atoms with van der Waals surface area (Å²) < 4.78 is 11.6. The van der Waals surface area contributed by atoms with Crippen molar-refractivity contribution in [2.45, 2.75) is 70.4 Å². The summed E-state index contributed by atoms with van der Waals surface area (Å²) in [4.78, 5) is 12.3. The van der Waals surface area contributed by atoms with Gasteiger partial charge in [-0.3, -0.25) is 4.79 Å². The highest BCUT2D eigenvalue weighted by Gasteiger charge is 2.40. The Morgan fingerprint density at radius 2 is 2.00 bits per heavy atom. The summed E-state index contributed by atoms with van der Waals surface area (Å²) in [5.41, 5.74) is 1.88. The van der Waals surface area contributed by atoms with E-state index in [2.05, 4.69) is 23.6 Å². The molecule has 1 heterocycles. The van der Waals surface area contributed by atoms with E-state index in [1.807, 2.05) is 25.1 Å². The van der Waals surface area contributed by atoms with Crippen LogP contribution in [0.4, 0.5) is 0 Å². The van der Waals surface area contributed by atoms with Crippen LogP contribution in [0.2, 0.25) is 0 Å². The minimum atomic E-state index is -0.299. The molecular weight excluding hydrogens is 316 g/mol. The third-order valence-corrected chi connectivity index (χ3v) is 5.33. The number of ether oxygens (including phenoxy) is 2. The van der Waals surface area contributed by atoms with Crippen LogP contribution >= 0.6 is 0 Å². The van der Waals surface area contributed by atoms with Crippen molar-refractivity contribution in [3.05, 3.63) is 35.4 Å². The van der Waals surface area contributed by atoms with Crippen molar-refractivity contribution in [3.63, 3.8) is 0 Å². The molecule has 1 aromatic rings. The smallest absolute Gasteiger partial charge is 0.251 e. The van der Waals surface area contributed by atoms with Crippen LogP contribution in [-0.2, 0) is 16.0 Å². The van der Waals surface area contributed by atoms with Crippen LogP contribution in [0.1, 0.15) is 61.9 Å². The molecule has 0 radical (unpaired) electrons. The maximum Gasteiger partial charge on any atom is 0.251 e. The highest BCUT2D eigenvalue weighted by Crippen LogP contribution is 2.35. The van der Waals surface area contributed by atoms with E-state index in [0.717, 1.165) is 63.0 Å². The Kier molecular flexibility index (Phi) is 6.10. The molecule has 1 atom stereocenters. The summed E-state index contributed by atoms with van der Waals surface area (Å²) in [6, 6.07) is 8.57. The molecule has 1 amide bonds. The first-order valence-corrected chi connectivity index (χ1v) is 9.51. The highest BCUT2D eigenvalue weighted by molar-refractivity contribution is 5.94. The average Bonchev–Trinajstić information content (AvgIpc) is 3.09. The minimum absolute atomic E-state index is 0.00587. The number of carbonyl (C=O) groups excluding carboxylic acids is 1. The van der Waals surface area contributed by atoms with Gasteiger partial charge in [-0.05, 0) is 43.9 Å². The van der Waals surface area contributed by atoms with Crippen molar-refractivity contribution < 1.29 is 14.3 Å². The molecule has 1 aromatic carbocycles. The van der Waals surface area contributed by atoms with Crippen molar-refractivity contribution >= 4 is 5.91 Å². The zero-order chi connectivity index (χ0) is 17.7. The lowest BCUT2D eigenvalue weighted by atomic mass is 9.90. The summed E-state index contributed by atoms with van der Waals surface area (Å²) in [5.74, 6) is -0.294. The Morgan fingerprint density at radius 3 is 2.68 bits per heavy atom. The lowest BCUT2D eigenvalue weighted by Crippen LogP contribution is -2.41. The molecule has 5 heteroatoms. The van der Waals surface area contributed by atoms with E-state index in [1.54, 1.807) is 0 Å². The molecule has 1 spiro atoms. The van der Waals surface area contributed by atoms with E-state index < -0.39 is 0 Å². The molecule has 1 saturated heterocycles. The first-order chi connectivity index (χ1) is 12.1. The van der Waals surface area contributed by atoms with E-state index in [4.69, 9.17) is 9.47 Å². The predicted molar refractivity (Wildman–Crippen MR) is 97.4 cm³/mol. The molecule has 0 aromatic heterocycles. The molecule has 1 saturated carbocycles. The van der Waals surface area contributed by atoms with Crippen LogP contribution < -0.4 is 10.6 Å². The van der Waals surface area contributed by atoms with E-state index >= 15 is 0 Å². The quantitative estimate of drug-likeness (QED) is 0.831. The first kappa shape index (κ1) is 18.4. The van der Waals surface area contributed by atoms with Gasteiger partial charge in [-0.15, -0.1) is 0 Å². The molecule has 0 bridgehead atoms. The zero-order valence-corrected chi connectivity index (χ0v) is 15.3. The van der Waals surface area contributed by atoms with E-state index in [1.165, 1.54) is 0 Å². The Labute approximate surface area is 150 Å². The molecule has 25 heavy (non-hydrogen) atoms. The second kappa shape index (κ2) is 8.30. The normalized spacial score (nSPS) is 21.4. The van der Waals surface area contributed by atoms with Gasteiger partial charge in [0.2, 0.25) is 0 Å². The standard InChI is InChI=1S/C20H30N2O3/c1-3-15(2)22-19(23)17-6-4-5-16(13-17)14-21-18-7-9-20(10-8-18)24-11-12-25-20/h4-6,13,15,18,21H,3,7-12,14H2,1-2H3,(H,22,23). The van der Waals surface area contributed by atoms with Gasteiger partial charge in [0.1, 0.15) is 0 Å². The molecular formula is C20H30N2O3. The average molecular weight is 346 g/mol. The largest absolute Gasteiger partial charge is 0.350 e. The Morgan fingerprint density at radius 1 is 1.28 bits per heavy atom. The van der Waals surface area contributed by atoms with Crippen LogP contribution in [0.25, 0.3) is 0 Å². The molecule has 1 unspecified atom stereocenters. The van der Waals surface area contributed by atoms with E-state index in [9.17, 15) is 4.79 Å². The molecule has 3 rings (SSSR count). The fourth-order valence-electron chi connectivity index (χ4n) is 3.54. The summed E-state index contributed by atoms with van der Waals surface area (Å²) in [6.07, 6.45) is 4.98. The van der Waals surface area contributed by atoms with Gasteiger partial charge in [0.05, 0.1) is 13.2 Å². The second-order valence-electron chi connectivity index (χ2n) is 7.25. The number of hydrogen-bond donors (Lipinski definition) is 2. The topological polar surface area (TPSA) is 59.6 Å². The minimum Gasteiger partial charge on any atom is -0.350 e. The fourth-order valence-corrected chi connectivity index (χ4v) is 3.54. The van der Waals surface area contributed by atoms with E-state index in [0.29, 0.717) is 6.04 Å². The van der Waals surface area contributed by atoms with Crippen LogP contribution in [0, 0.1) is 0 Å². The van der Waals surface area contributed by atoms with Crippen molar-refractivity contribution in [1.29, 1.82) is 0 Å². The maximum absolute atomic E-state index is 12.3. The van der Waals surface area contributed by atoms with Crippen molar-refractivity contribution in [2.75, 3.05) is 13.2 Å². The van der Waals surface area contributed by atoms with Crippen LogP contribution in [-0.4, -0.2) is 37.0 Å². The lowest BCUT2D eigenvalue weighted by molar-refractivity contribution is -0.179. The van der Waals surface area contributed by atoms with Gasteiger partial charge in [0, 0.05) is 37.0 Å². The summed E-state index contributed by atoms with van der Waals surface area (Å²) >= 11 is 0. The van der Waals surface area contributed by atoms with Gasteiger partial charge in [0.15, 0.2) is 5.79 Å². The van der Waals surface area contributed by atoms with Crippen LogP contribution in [0.3, 0.4) is 0 Å². The number of rotatable bonds is 6. The number of amides is 1. The molecule has 5 nitrogen and oxygen atoms in total. The van der Waals surface area contributed by atoms with E-state index in [-0.39, 0.29) is 17.7 Å². The number of benzene rings is 1. The Balaban J connectivity index is 1.49. The third kappa shape index (κ3) is 4.81. The number of carbonyl (C=O) groups is 1. The van der Waals surface area contributed by atoms with Crippen LogP contribution in [0.5, 0.6) is 0 Å². The SMILES string of the molecule is CCC(C)NC(=O)c1cccc(CNC2CCC3(CC2)OCCO3)c1. The summed E-state index contributed by atoms with van der Waals surface area (Å²) in [6.45, 7) is 6.33. The van der Waals surface area contributed by atoms with Crippen molar-refractivity contribution in [1.82, 2.24) is 10.6 Å². The van der Waals surface area contributed by atoms with Gasteiger partial charge in [0.25, 0.3) is 5.91 Å². The van der Waals surface area contributed by atoms with Gasteiger partial charge >= 0.3 is 0 Å². The Hall–Kier alpha value is -1.43. The molecule has 138 valence electrons. The maximum atomic E-state index is 12.3. The number of hydrogen-bond acceptors (Lipinski definition) is 4. The van der Waals surface area contributed by atoms with Gasteiger partial charge in [-0.1, -0.05) is 19.1 Å². The molecule has 2 fully saturated rings. The van der Waals surface area contributed by atoms with Gasteiger partial charge in [-0.2, -0.15) is 0 Å². The first-order valence-electron chi connectivity index (χ1n) is 9.51. The highest BCUT2D eigenvalue weighted by atomic mass is 16.7. The van der Waals surface area contributed by atoms with Crippen molar-refractivity contribution in [2.24, 2.45) is 0 Å². The number of nitrogens with one attached hydrogen (secondary N) is 2. The third-order valence-electron chi connectivity index (χ3n) is 5.33. The zero-order valence-electron chi connectivity index (χ0n) is 15.3. The van der Waals surface area contributed by atoms with Crippen molar-refractivity contribution in [3.8, 4) is 0 Å².